The van der Waals surface area contributed by atoms with Crippen LogP contribution in [0.1, 0.15) is 5.56 Å². The number of hydrogen-bond acceptors (Lipinski definition) is 4. The predicted octanol–water partition coefficient (Wildman–Crippen LogP) is 4.41. The van der Waals surface area contributed by atoms with E-state index in [1.165, 1.54) is 11.3 Å². The number of aromatic nitrogens is 1. The van der Waals surface area contributed by atoms with Crippen molar-refractivity contribution < 1.29 is 9.90 Å². The number of halogens is 1. The van der Waals surface area contributed by atoms with E-state index in [0.717, 1.165) is 37.3 Å². The Bertz CT molecular complexity index is 885. The Kier molecular flexibility index (Phi) is 3.96. The standard InChI is InChI=1S/C16H11BrN2O2S/c17-11-4-1-9(2-5-11)12-8-22-15-10(3-6-13(20)21)7-19-16(18)14(12)15/h1-8H,(H2,18,19)(H,20,21). The summed E-state index contributed by atoms with van der Waals surface area (Å²) in [5.74, 6) is -0.545. The molecule has 0 fully saturated rings. The van der Waals surface area contributed by atoms with E-state index in [0.29, 0.717) is 5.82 Å². The van der Waals surface area contributed by atoms with Crippen LogP contribution in [0.5, 0.6) is 0 Å². The zero-order valence-electron chi connectivity index (χ0n) is 11.3. The molecular formula is C16H11BrN2O2S. The summed E-state index contributed by atoms with van der Waals surface area (Å²) in [4.78, 5) is 14.9. The molecule has 0 saturated heterocycles. The van der Waals surface area contributed by atoms with Crippen molar-refractivity contribution in [2.45, 2.75) is 0 Å². The maximum atomic E-state index is 10.7. The van der Waals surface area contributed by atoms with Crippen molar-refractivity contribution in [3.63, 3.8) is 0 Å². The van der Waals surface area contributed by atoms with E-state index >= 15 is 0 Å². The number of fused-ring (bicyclic) bond motifs is 1. The largest absolute Gasteiger partial charge is 0.478 e. The summed E-state index contributed by atoms with van der Waals surface area (Å²) in [7, 11) is 0. The van der Waals surface area contributed by atoms with Crippen molar-refractivity contribution in [3.8, 4) is 11.1 Å². The molecule has 0 spiro atoms. The first-order valence-corrected chi connectivity index (χ1v) is 8.06. The van der Waals surface area contributed by atoms with Crippen molar-refractivity contribution in [2.24, 2.45) is 0 Å². The second kappa shape index (κ2) is 5.90. The zero-order chi connectivity index (χ0) is 15.7. The van der Waals surface area contributed by atoms with Crippen LogP contribution in [-0.4, -0.2) is 16.1 Å². The summed E-state index contributed by atoms with van der Waals surface area (Å²) in [6.07, 6.45) is 4.24. The minimum atomic E-state index is -0.991. The van der Waals surface area contributed by atoms with Gasteiger partial charge in [0.25, 0.3) is 0 Å². The normalized spacial score (nSPS) is 11.3. The first kappa shape index (κ1) is 14.7. The fourth-order valence-corrected chi connectivity index (χ4v) is 3.55. The van der Waals surface area contributed by atoms with Gasteiger partial charge in [-0.3, -0.25) is 0 Å². The highest BCUT2D eigenvalue weighted by Gasteiger charge is 2.13. The fourth-order valence-electron chi connectivity index (χ4n) is 2.21. The zero-order valence-corrected chi connectivity index (χ0v) is 13.7. The molecule has 6 heteroatoms. The van der Waals surface area contributed by atoms with Gasteiger partial charge in [-0.2, -0.15) is 0 Å². The molecule has 0 unspecified atom stereocenters. The third-order valence-corrected chi connectivity index (χ3v) is 4.77. The van der Waals surface area contributed by atoms with E-state index < -0.39 is 5.97 Å². The number of carboxylic acids is 1. The van der Waals surface area contributed by atoms with Gasteiger partial charge in [0.15, 0.2) is 0 Å². The molecule has 22 heavy (non-hydrogen) atoms. The number of pyridine rings is 1. The molecule has 0 aliphatic carbocycles. The SMILES string of the molecule is Nc1ncc(C=CC(=O)O)c2scc(-c3ccc(Br)cc3)c12. The van der Waals surface area contributed by atoms with Crippen LogP contribution in [0.15, 0.2) is 46.4 Å². The van der Waals surface area contributed by atoms with E-state index in [1.54, 1.807) is 12.3 Å². The van der Waals surface area contributed by atoms with Gasteiger partial charge in [-0.1, -0.05) is 28.1 Å². The number of anilines is 1. The van der Waals surface area contributed by atoms with E-state index in [9.17, 15) is 4.79 Å². The van der Waals surface area contributed by atoms with Crippen LogP contribution in [0.4, 0.5) is 5.82 Å². The van der Waals surface area contributed by atoms with Crippen LogP contribution in [0.2, 0.25) is 0 Å². The quantitative estimate of drug-likeness (QED) is 0.665. The molecule has 3 aromatic rings. The molecule has 110 valence electrons. The Hall–Kier alpha value is -2.18. The van der Waals surface area contributed by atoms with Crippen molar-refractivity contribution in [1.82, 2.24) is 4.98 Å². The van der Waals surface area contributed by atoms with Crippen LogP contribution >= 0.6 is 27.3 Å². The average Bonchev–Trinajstić information content (AvgIpc) is 2.93. The second-order valence-corrected chi connectivity index (χ2v) is 6.43. The Labute approximate surface area is 139 Å². The highest BCUT2D eigenvalue weighted by atomic mass is 79.9. The monoisotopic (exact) mass is 374 g/mol. The summed E-state index contributed by atoms with van der Waals surface area (Å²) < 4.78 is 1.94. The molecule has 3 rings (SSSR count). The molecule has 0 aliphatic rings. The minimum absolute atomic E-state index is 0.446. The molecule has 3 N–H and O–H groups in total. The van der Waals surface area contributed by atoms with Crippen LogP contribution < -0.4 is 5.73 Å². The van der Waals surface area contributed by atoms with E-state index in [1.807, 2.05) is 29.6 Å². The first-order chi connectivity index (χ1) is 10.6. The summed E-state index contributed by atoms with van der Waals surface area (Å²) in [5, 5.41) is 11.7. The van der Waals surface area contributed by atoms with Crippen molar-refractivity contribution in [3.05, 3.63) is 52.0 Å². The Morgan fingerprint density at radius 2 is 2.05 bits per heavy atom. The van der Waals surface area contributed by atoms with Crippen LogP contribution in [0.25, 0.3) is 27.3 Å². The predicted molar refractivity (Wildman–Crippen MR) is 93.8 cm³/mol. The lowest BCUT2D eigenvalue weighted by Crippen LogP contribution is -1.93. The summed E-state index contributed by atoms with van der Waals surface area (Å²) in [6.45, 7) is 0. The molecule has 2 heterocycles. The number of carbonyl (C=O) groups is 1. The van der Waals surface area contributed by atoms with Gasteiger partial charge in [0.05, 0.1) is 0 Å². The molecule has 4 nitrogen and oxygen atoms in total. The van der Waals surface area contributed by atoms with Gasteiger partial charge in [0, 0.05) is 38.0 Å². The Morgan fingerprint density at radius 3 is 2.73 bits per heavy atom. The molecule has 0 saturated carbocycles. The number of nitrogens with zero attached hydrogens (tertiary/aromatic N) is 1. The van der Waals surface area contributed by atoms with Crippen LogP contribution in [0, 0.1) is 0 Å². The number of nitrogen functional groups attached to an aromatic ring is 1. The van der Waals surface area contributed by atoms with Gasteiger partial charge in [-0.15, -0.1) is 11.3 Å². The number of carboxylic acid groups (broad SMARTS) is 1. The third kappa shape index (κ3) is 2.75. The molecule has 0 bridgehead atoms. The molecule has 0 aliphatic heterocycles. The van der Waals surface area contributed by atoms with Gasteiger partial charge in [0.2, 0.25) is 0 Å². The fraction of sp³-hybridized carbons (Fsp3) is 0. The average molecular weight is 375 g/mol. The van der Waals surface area contributed by atoms with Gasteiger partial charge < -0.3 is 10.8 Å². The van der Waals surface area contributed by atoms with Crippen molar-refractivity contribution in [1.29, 1.82) is 0 Å². The topological polar surface area (TPSA) is 76.2 Å². The molecule has 2 aromatic heterocycles. The lowest BCUT2D eigenvalue weighted by molar-refractivity contribution is -0.131. The third-order valence-electron chi connectivity index (χ3n) is 3.21. The van der Waals surface area contributed by atoms with Gasteiger partial charge in [0.1, 0.15) is 5.82 Å². The lowest BCUT2D eigenvalue weighted by Gasteiger charge is -2.04. The Balaban J connectivity index is 2.20. The minimum Gasteiger partial charge on any atom is -0.478 e. The molecule has 0 atom stereocenters. The molecule has 0 radical (unpaired) electrons. The summed E-state index contributed by atoms with van der Waals surface area (Å²) in [6, 6.07) is 7.95. The number of hydrogen-bond donors (Lipinski definition) is 2. The van der Waals surface area contributed by atoms with E-state index in [4.69, 9.17) is 10.8 Å². The first-order valence-electron chi connectivity index (χ1n) is 6.39. The lowest BCUT2D eigenvalue weighted by atomic mass is 10.0. The number of benzene rings is 1. The number of nitrogens with two attached hydrogens (primary N) is 1. The van der Waals surface area contributed by atoms with E-state index in [2.05, 4.69) is 20.9 Å². The second-order valence-electron chi connectivity index (χ2n) is 4.63. The highest BCUT2D eigenvalue weighted by molar-refractivity contribution is 9.10. The van der Waals surface area contributed by atoms with Crippen molar-refractivity contribution in [2.75, 3.05) is 5.73 Å². The number of rotatable bonds is 3. The Morgan fingerprint density at radius 1 is 1.32 bits per heavy atom. The van der Waals surface area contributed by atoms with E-state index in [-0.39, 0.29) is 0 Å². The van der Waals surface area contributed by atoms with Gasteiger partial charge in [-0.25, -0.2) is 9.78 Å². The summed E-state index contributed by atoms with van der Waals surface area (Å²) >= 11 is 4.95. The smallest absolute Gasteiger partial charge is 0.328 e. The molecule has 1 aromatic carbocycles. The summed E-state index contributed by atoms with van der Waals surface area (Å²) in [5.41, 5.74) is 8.84. The van der Waals surface area contributed by atoms with Gasteiger partial charge >= 0.3 is 5.97 Å². The van der Waals surface area contributed by atoms with Gasteiger partial charge in [-0.05, 0) is 29.2 Å². The molecular weight excluding hydrogens is 364 g/mol. The molecule has 0 amide bonds. The maximum absolute atomic E-state index is 10.7. The highest BCUT2D eigenvalue weighted by Crippen LogP contribution is 2.39. The number of thiophene rings is 1. The maximum Gasteiger partial charge on any atom is 0.328 e. The van der Waals surface area contributed by atoms with Crippen molar-refractivity contribution >= 4 is 55.2 Å². The van der Waals surface area contributed by atoms with Crippen LogP contribution in [0.3, 0.4) is 0 Å². The van der Waals surface area contributed by atoms with Crippen LogP contribution in [-0.2, 0) is 4.79 Å². The number of aliphatic carboxylic acids is 1.